The lowest BCUT2D eigenvalue weighted by Crippen LogP contribution is -2.21. The van der Waals surface area contributed by atoms with Crippen LogP contribution in [0.4, 0.5) is 0 Å². The molecule has 0 saturated carbocycles. The number of hydrogen-bond donors (Lipinski definition) is 0. The zero-order valence-corrected chi connectivity index (χ0v) is 16.9. The summed E-state index contributed by atoms with van der Waals surface area (Å²) in [5, 5.41) is 2.51. The van der Waals surface area contributed by atoms with Gasteiger partial charge in [0.05, 0.1) is 11.2 Å². The zero-order chi connectivity index (χ0) is 18.3. The lowest BCUT2D eigenvalue weighted by molar-refractivity contribution is 0.635. The first-order valence-corrected chi connectivity index (χ1v) is 10.5. The summed E-state index contributed by atoms with van der Waals surface area (Å²) in [6, 6.07) is 7.00. The molecule has 132 valence electrons. The average Bonchev–Trinajstić information content (AvgIpc) is 3.09. The summed E-state index contributed by atoms with van der Waals surface area (Å²) in [6.07, 6.45) is 1.70. The molecule has 4 aromatic heterocycles. The Hall–Kier alpha value is -1.97. The van der Waals surface area contributed by atoms with E-state index in [0.29, 0.717) is 39.0 Å². The van der Waals surface area contributed by atoms with E-state index in [-0.39, 0.29) is 11.1 Å². The van der Waals surface area contributed by atoms with Crippen molar-refractivity contribution < 1.29 is 0 Å². The number of pyridine rings is 1. The quantitative estimate of drug-likeness (QED) is 0.352. The largest absolute Gasteiger partial charge is 0.287 e. The van der Waals surface area contributed by atoms with Crippen LogP contribution < -0.4 is 11.1 Å². The molecule has 0 radical (unpaired) electrons. The fourth-order valence-corrected chi connectivity index (χ4v) is 4.72. The molecule has 0 amide bonds. The number of thioether (sulfide) groups is 1. The van der Waals surface area contributed by atoms with Crippen molar-refractivity contribution >= 4 is 54.9 Å². The SMILES string of the molecule is CCn1c(SCc2cc(=O)n3cc(Br)ccc3n2)nc2ccsc2c1=O. The maximum absolute atomic E-state index is 12.6. The predicted molar refractivity (Wildman–Crippen MR) is 108 cm³/mol. The highest BCUT2D eigenvalue weighted by molar-refractivity contribution is 9.10. The van der Waals surface area contributed by atoms with Gasteiger partial charge in [0.15, 0.2) is 5.16 Å². The Bertz CT molecular complexity index is 1250. The molecule has 4 heterocycles. The third-order valence-corrected chi connectivity index (χ3v) is 6.24. The van der Waals surface area contributed by atoms with Crippen LogP contribution in [0.1, 0.15) is 12.6 Å². The van der Waals surface area contributed by atoms with Crippen LogP contribution in [0.3, 0.4) is 0 Å². The summed E-state index contributed by atoms with van der Waals surface area (Å²) in [5.74, 6) is 0.462. The third-order valence-electron chi connectivity index (χ3n) is 3.87. The van der Waals surface area contributed by atoms with E-state index >= 15 is 0 Å². The van der Waals surface area contributed by atoms with E-state index in [2.05, 4.69) is 25.9 Å². The molecule has 6 nitrogen and oxygen atoms in total. The van der Waals surface area contributed by atoms with Crippen LogP contribution in [0.25, 0.3) is 15.9 Å². The van der Waals surface area contributed by atoms with E-state index in [1.807, 2.05) is 24.4 Å². The van der Waals surface area contributed by atoms with E-state index < -0.39 is 0 Å². The van der Waals surface area contributed by atoms with Gasteiger partial charge in [-0.15, -0.1) is 11.3 Å². The van der Waals surface area contributed by atoms with Crippen LogP contribution in [-0.2, 0) is 12.3 Å². The van der Waals surface area contributed by atoms with Crippen molar-refractivity contribution in [3.63, 3.8) is 0 Å². The lowest BCUT2D eigenvalue weighted by Gasteiger charge is -2.10. The van der Waals surface area contributed by atoms with Gasteiger partial charge in [0, 0.05) is 29.0 Å². The molecule has 4 aromatic rings. The van der Waals surface area contributed by atoms with Gasteiger partial charge in [-0.05, 0) is 46.4 Å². The highest BCUT2D eigenvalue weighted by Gasteiger charge is 2.12. The monoisotopic (exact) mass is 448 g/mol. The number of aromatic nitrogens is 4. The minimum absolute atomic E-state index is 0.0219. The summed E-state index contributed by atoms with van der Waals surface area (Å²) in [6.45, 7) is 2.47. The van der Waals surface area contributed by atoms with Crippen LogP contribution in [0.5, 0.6) is 0 Å². The van der Waals surface area contributed by atoms with Gasteiger partial charge >= 0.3 is 0 Å². The van der Waals surface area contributed by atoms with E-state index in [1.165, 1.54) is 33.6 Å². The normalized spacial score (nSPS) is 11.5. The third kappa shape index (κ3) is 3.10. The number of hydrogen-bond acceptors (Lipinski definition) is 6. The van der Waals surface area contributed by atoms with Crippen molar-refractivity contribution in [3.05, 3.63) is 66.7 Å². The zero-order valence-electron chi connectivity index (χ0n) is 13.7. The summed E-state index contributed by atoms with van der Waals surface area (Å²) in [7, 11) is 0. The Labute approximate surface area is 164 Å². The van der Waals surface area contributed by atoms with Gasteiger partial charge in [0.1, 0.15) is 10.3 Å². The smallest absolute Gasteiger partial charge is 0.272 e. The molecule has 0 aliphatic rings. The first-order valence-electron chi connectivity index (χ1n) is 7.85. The molecule has 0 atom stereocenters. The van der Waals surface area contributed by atoms with E-state index in [9.17, 15) is 9.59 Å². The summed E-state index contributed by atoms with van der Waals surface area (Å²) in [4.78, 5) is 34.0. The van der Waals surface area contributed by atoms with Crippen molar-refractivity contribution in [2.24, 2.45) is 0 Å². The van der Waals surface area contributed by atoms with Crippen LogP contribution in [-0.4, -0.2) is 18.9 Å². The van der Waals surface area contributed by atoms with Gasteiger partial charge in [0.2, 0.25) is 0 Å². The molecule has 0 fully saturated rings. The molecular formula is C17H13BrN4O2S2. The van der Waals surface area contributed by atoms with Crippen molar-refractivity contribution in [2.45, 2.75) is 24.4 Å². The first-order chi connectivity index (χ1) is 12.6. The summed E-state index contributed by atoms with van der Waals surface area (Å²) < 4.78 is 4.64. The number of halogens is 1. The second-order valence-corrected chi connectivity index (χ2v) is 8.30. The second-order valence-electron chi connectivity index (χ2n) is 5.53. The molecule has 26 heavy (non-hydrogen) atoms. The molecule has 0 spiro atoms. The minimum atomic E-state index is -0.138. The number of rotatable bonds is 4. The Balaban J connectivity index is 1.70. The van der Waals surface area contributed by atoms with Crippen molar-refractivity contribution in [1.82, 2.24) is 18.9 Å². The van der Waals surface area contributed by atoms with Crippen LogP contribution >= 0.6 is 39.0 Å². The van der Waals surface area contributed by atoms with Crippen LogP contribution in [0.2, 0.25) is 0 Å². The van der Waals surface area contributed by atoms with Crippen molar-refractivity contribution in [2.75, 3.05) is 0 Å². The van der Waals surface area contributed by atoms with Gasteiger partial charge in [-0.1, -0.05) is 11.8 Å². The maximum Gasteiger partial charge on any atom is 0.272 e. The standard InChI is InChI=1S/C17H13BrN4O2S2/c1-2-21-16(24)15-12(5-6-25-15)20-17(21)26-9-11-7-14(23)22-8-10(18)3-4-13(22)19-11/h3-8H,2,9H2,1H3. The number of thiophene rings is 1. The molecule has 9 heteroatoms. The van der Waals surface area contributed by atoms with Crippen molar-refractivity contribution in [1.29, 1.82) is 0 Å². The van der Waals surface area contributed by atoms with Crippen LogP contribution in [0, 0.1) is 0 Å². The topological polar surface area (TPSA) is 69.3 Å². The highest BCUT2D eigenvalue weighted by atomic mass is 79.9. The summed E-state index contributed by atoms with van der Waals surface area (Å²) >= 11 is 6.17. The van der Waals surface area contributed by atoms with Gasteiger partial charge in [-0.2, -0.15) is 0 Å². The molecule has 4 rings (SSSR count). The molecule has 0 aliphatic carbocycles. The Kier molecular flexibility index (Phi) is 4.68. The van der Waals surface area contributed by atoms with E-state index in [1.54, 1.807) is 16.8 Å². The molecule has 0 aromatic carbocycles. The molecule has 0 unspecified atom stereocenters. The molecule has 0 bridgehead atoms. The van der Waals surface area contributed by atoms with Gasteiger partial charge in [-0.3, -0.25) is 18.6 Å². The average molecular weight is 449 g/mol. The number of nitrogens with zero attached hydrogens (tertiary/aromatic N) is 4. The Morgan fingerprint density at radius 1 is 1.23 bits per heavy atom. The van der Waals surface area contributed by atoms with Gasteiger partial charge in [-0.25, -0.2) is 9.97 Å². The molecule has 0 N–H and O–H groups in total. The fraction of sp³-hybridized carbons (Fsp3) is 0.176. The molecule has 0 aliphatic heterocycles. The highest BCUT2D eigenvalue weighted by Crippen LogP contribution is 2.23. The van der Waals surface area contributed by atoms with E-state index in [4.69, 9.17) is 0 Å². The lowest BCUT2D eigenvalue weighted by atomic mass is 10.4. The Morgan fingerprint density at radius 2 is 2.08 bits per heavy atom. The Morgan fingerprint density at radius 3 is 2.88 bits per heavy atom. The van der Waals surface area contributed by atoms with Gasteiger partial charge < -0.3 is 0 Å². The molecule has 0 saturated heterocycles. The second kappa shape index (κ2) is 6.98. The number of fused-ring (bicyclic) bond motifs is 2. The fourth-order valence-electron chi connectivity index (χ4n) is 2.65. The first kappa shape index (κ1) is 17.4. The predicted octanol–water partition coefficient (Wildman–Crippen LogP) is 3.54. The van der Waals surface area contributed by atoms with Crippen LogP contribution in [0.15, 0.2) is 55.1 Å². The molecular weight excluding hydrogens is 436 g/mol. The van der Waals surface area contributed by atoms with Crippen molar-refractivity contribution in [3.8, 4) is 0 Å². The van der Waals surface area contributed by atoms with Gasteiger partial charge in [0.25, 0.3) is 11.1 Å². The maximum atomic E-state index is 12.6. The van der Waals surface area contributed by atoms with E-state index in [0.717, 1.165) is 4.47 Å². The minimum Gasteiger partial charge on any atom is -0.287 e. The summed E-state index contributed by atoms with van der Waals surface area (Å²) in [5.41, 5.74) is 1.80.